The maximum atomic E-state index is 12.7. The van der Waals surface area contributed by atoms with Gasteiger partial charge in [0, 0.05) is 0 Å². The number of rotatable bonds is 3. The van der Waals surface area contributed by atoms with E-state index in [1.165, 1.54) is 0 Å². The summed E-state index contributed by atoms with van der Waals surface area (Å²) in [5, 5.41) is 1.21. The third-order valence-electron chi connectivity index (χ3n) is 3.80. The van der Waals surface area contributed by atoms with Crippen molar-refractivity contribution in [3.05, 3.63) is 52.2 Å². The molecule has 0 fully saturated rings. The minimum absolute atomic E-state index is 0.000971. The number of aryl methyl sites for hydroxylation is 1. The second-order valence-corrected chi connectivity index (χ2v) is 5.35. The molecule has 0 saturated heterocycles. The molecule has 0 spiro atoms. The van der Waals surface area contributed by atoms with Crippen LogP contribution in [0.4, 0.5) is 0 Å². The molecule has 0 aliphatic heterocycles. The van der Waals surface area contributed by atoms with Gasteiger partial charge in [-0.1, -0.05) is 25.1 Å². The van der Waals surface area contributed by atoms with Crippen molar-refractivity contribution in [2.45, 2.75) is 33.3 Å². The van der Waals surface area contributed by atoms with Crippen LogP contribution in [0.3, 0.4) is 0 Å². The van der Waals surface area contributed by atoms with Gasteiger partial charge >= 0.3 is 0 Å². The molecule has 0 N–H and O–H groups in total. The average molecular weight is 282 g/mol. The van der Waals surface area contributed by atoms with Gasteiger partial charge in [0.25, 0.3) is 0 Å². The minimum Gasteiger partial charge on any atom is -0.487 e. The predicted molar refractivity (Wildman–Crippen MR) is 85.1 cm³/mol. The van der Waals surface area contributed by atoms with Crippen LogP contribution < -0.4 is 10.2 Å². The van der Waals surface area contributed by atoms with E-state index in [-0.39, 0.29) is 11.5 Å². The molecule has 3 heteroatoms. The second kappa shape index (κ2) is 5.24. The molecule has 3 aromatic rings. The van der Waals surface area contributed by atoms with Crippen molar-refractivity contribution in [1.82, 2.24) is 0 Å². The van der Waals surface area contributed by atoms with Crippen LogP contribution in [-0.4, -0.2) is 6.10 Å². The third-order valence-corrected chi connectivity index (χ3v) is 3.80. The van der Waals surface area contributed by atoms with E-state index in [0.29, 0.717) is 27.7 Å². The van der Waals surface area contributed by atoms with Gasteiger partial charge in [0.1, 0.15) is 5.58 Å². The lowest BCUT2D eigenvalue weighted by molar-refractivity contribution is 0.217. The molecule has 21 heavy (non-hydrogen) atoms. The minimum atomic E-state index is -0.000971. The van der Waals surface area contributed by atoms with Crippen LogP contribution in [0.2, 0.25) is 0 Å². The Hall–Kier alpha value is -2.29. The fourth-order valence-electron chi connectivity index (χ4n) is 2.43. The van der Waals surface area contributed by atoms with Crippen molar-refractivity contribution in [1.29, 1.82) is 0 Å². The summed E-state index contributed by atoms with van der Waals surface area (Å²) in [6.45, 7) is 5.98. The van der Waals surface area contributed by atoms with E-state index in [9.17, 15) is 4.79 Å². The first-order valence-corrected chi connectivity index (χ1v) is 7.23. The van der Waals surface area contributed by atoms with E-state index in [0.717, 1.165) is 12.0 Å². The largest absolute Gasteiger partial charge is 0.487 e. The lowest BCUT2D eigenvalue weighted by Crippen LogP contribution is -2.11. The average Bonchev–Trinajstić information content (AvgIpc) is 2.50. The van der Waals surface area contributed by atoms with Crippen LogP contribution in [0.5, 0.6) is 5.75 Å². The predicted octanol–water partition coefficient (Wildman–Crippen LogP) is 4.43. The smallest absolute Gasteiger partial charge is 0.200 e. The Balaban J connectivity index is 2.37. The normalized spacial score (nSPS) is 12.7. The summed E-state index contributed by atoms with van der Waals surface area (Å²) in [6.07, 6.45) is 0.973. The van der Waals surface area contributed by atoms with E-state index in [1.54, 1.807) is 6.07 Å². The van der Waals surface area contributed by atoms with Crippen molar-refractivity contribution in [3.8, 4) is 5.75 Å². The van der Waals surface area contributed by atoms with Gasteiger partial charge < -0.3 is 9.15 Å². The van der Waals surface area contributed by atoms with Gasteiger partial charge in [-0.3, -0.25) is 4.79 Å². The van der Waals surface area contributed by atoms with Crippen molar-refractivity contribution in [2.24, 2.45) is 0 Å². The molecule has 1 aromatic heterocycles. The number of para-hydroxylation sites is 1. The van der Waals surface area contributed by atoms with Gasteiger partial charge in [0.2, 0.25) is 5.43 Å². The SMILES string of the molecule is CCC(C)Oc1ccc(C)c2c(=O)c3ccccc3oc12. The van der Waals surface area contributed by atoms with Crippen molar-refractivity contribution < 1.29 is 9.15 Å². The zero-order valence-electron chi connectivity index (χ0n) is 12.5. The van der Waals surface area contributed by atoms with Crippen LogP contribution in [0, 0.1) is 6.92 Å². The molecule has 0 amide bonds. The van der Waals surface area contributed by atoms with Crippen molar-refractivity contribution >= 4 is 21.9 Å². The van der Waals surface area contributed by atoms with Crippen LogP contribution in [0.1, 0.15) is 25.8 Å². The molecule has 1 heterocycles. The lowest BCUT2D eigenvalue weighted by atomic mass is 10.1. The number of benzene rings is 2. The maximum Gasteiger partial charge on any atom is 0.200 e. The Labute approximate surface area is 123 Å². The number of hydrogen-bond acceptors (Lipinski definition) is 3. The summed E-state index contributed by atoms with van der Waals surface area (Å²) in [6, 6.07) is 11.1. The Morgan fingerprint density at radius 2 is 1.95 bits per heavy atom. The molecule has 1 atom stereocenters. The number of fused-ring (bicyclic) bond motifs is 2. The van der Waals surface area contributed by atoms with Crippen LogP contribution in [0.15, 0.2) is 45.6 Å². The molecule has 0 saturated carbocycles. The fourth-order valence-corrected chi connectivity index (χ4v) is 2.43. The van der Waals surface area contributed by atoms with Crippen molar-refractivity contribution in [2.75, 3.05) is 0 Å². The maximum absolute atomic E-state index is 12.7. The lowest BCUT2D eigenvalue weighted by Gasteiger charge is -2.15. The van der Waals surface area contributed by atoms with Gasteiger partial charge in [-0.15, -0.1) is 0 Å². The molecule has 2 aromatic carbocycles. The molecule has 1 unspecified atom stereocenters. The monoisotopic (exact) mass is 282 g/mol. The quantitative estimate of drug-likeness (QED) is 0.667. The van der Waals surface area contributed by atoms with Gasteiger partial charge in [0.15, 0.2) is 11.3 Å². The van der Waals surface area contributed by atoms with Crippen LogP contribution >= 0.6 is 0 Å². The molecule has 0 bridgehead atoms. The Bertz CT molecular complexity index is 861. The molecule has 3 nitrogen and oxygen atoms in total. The topological polar surface area (TPSA) is 39.4 Å². The number of hydrogen-bond donors (Lipinski definition) is 0. The highest BCUT2D eigenvalue weighted by atomic mass is 16.5. The molecule has 108 valence electrons. The molecular weight excluding hydrogens is 264 g/mol. The molecule has 3 rings (SSSR count). The van der Waals surface area contributed by atoms with Crippen LogP contribution in [0.25, 0.3) is 21.9 Å². The summed E-state index contributed by atoms with van der Waals surface area (Å²) < 4.78 is 11.9. The van der Waals surface area contributed by atoms with Gasteiger partial charge in [-0.25, -0.2) is 0 Å². The number of ether oxygens (including phenoxy) is 1. The summed E-state index contributed by atoms with van der Waals surface area (Å²) in [7, 11) is 0. The van der Waals surface area contributed by atoms with E-state index in [2.05, 4.69) is 6.92 Å². The standard InChI is InChI=1S/C18H18O3/c1-4-12(3)20-15-10-9-11(2)16-17(19)13-7-5-6-8-14(13)21-18(15)16/h5-10,12H,4H2,1-3H3. The van der Waals surface area contributed by atoms with Gasteiger partial charge in [-0.05, 0) is 44.0 Å². The van der Waals surface area contributed by atoms with Gasteiger partial charge in [0.05, 0.1) is 16.9 Å². The third kappa shape index (κ3) is 2.29. The first-order chi connectivity index (χ1) is 10.1. The Kier molecular flexibility index (Phi) is 3.42. The molecule has 0 aliphatic carbocycles. The summed E-state index contributed by atoms with van der Waals surface area (Å²) >= 11 is 0. The van der Waals surface area contributed by atoms with Gasteiger partial charge in [-0.2, -0.15) is 0 Å². The van der Waals surface area contributed by atoms with E-state index in [1.807, 2.05) is 44.2 Å². The summed E-state index contributed by atoms with van der Waals surface area (Å²) in [5.74, 6) is 0.632. The fraction of sp³-hybridized carbons (Fsp3) is 0.278. The summed E-state index contributed by atoms with van der Waals surface area (Å²) in [5.41, 5.74) is 2.04. The highest BCUT2D eigenvalue weighted by Crippen LogP contribution is 2.30. The zero-order chi connectivity index (χ0) is 15.0. The molecular formula is C18H18O3. The highest BCUT2D eigenvalue weighted by Gasteiger charge is 2.15. The second-order valence-electron chi connectivity index (χ2n) is 5.35. The van der Waals surface area contributed by atoms with E-state index in [4.69, 9.17) is 9.15 Å². The first-order valence-electron chi connectivity index (χ1n) is 7.23. The Morgan fingerprint density at radius 1 is 1.19 bits per heavy atom. The highest BCUT2D eigenvalue weighted by molar-refractivity contribution is 5.94. The van der Waals surface area contributed by atoms with Crippen molar-refractivity contribution in [3.63, 3.8) is 0 Å². The van der Waals surface area contributed by atoms with Crippen LogP contribution in [-0.2, 0) is 0 Å². The zero-order valence-corrected chi connectivity index (χ0v) is 12.5. The molecule has 0 aliphatic rings. The Morgan fingerprint density at radius 3 is 2.71 bits per heavy atom. The summed E-state index contributed by atoms with van der Waals surface area (Å²) in [4.78, 5) is 12.7. The first kappa shape index (κ1) is 13.7. The van der Waals surface area contributed by atoms with E-state index >= 15 is 0 Å². The van der Waals surface area contributed by atoms with E-state index < -0.39 is 0 Å². The molecule has 0 radical (unpaired) electrons.